The summed E-state index contributed by atoms with van der Waals surface area (Å²) in [7, 11) is 3.89. The zero-order chi connectivity index (χ0) is 14.0. The van der Waals surface area contributed by atoms with E-state index in [0.717, 1.165) is 11.8 Å². The van der Waals surface area contributed by atoms with Crippen molar-refractivity contribution in [2.24, 2.45) is 28.1 Å². The lowest BCUT2D eigenvalue weighted by Crippen LogP contribution is -2.47. The van der Waals surface area contributed by atoms with Crippen molar-refractivity contribution >= 4 is 15.1 Å². The Balaban J connectivity index is 2.43. The second kappa shape index (κ2) is 3.83. The highest BCUT2D eigenvalue weighted by atomic mass is 14.7. The first-order chi connectivity index (χ1) is 8.00. The van der Waals surface area contributed by atoms with Crippen molar-refractivity contribution in [2.75, 3.05) is 0 Å². The van der Waals surface area contributed by atoms with Crippen molar-refractivity contribution in [1.82, 2.24) is 0 Å². The molecule has 2 fully saturated rings. The summed E-state index contributed by atoms with van der Waals surface area (Å²) in [5, 5.41) is 0.480. The monoisotopic (exact) mass is 246 g/mol. The molecule has 0 heterocycles. The van der Waals surface area contributed by atoms with E-state index < -0.39 is 0 Å². The Hall–Kier alpha value is 0.130. The van der Waals surface area contributed by atoms with E-state index in [1.165, 1.54) is 26.5 Å². The van der Waals surface area contributed by atoms with Gasteiger partial charge in [0.15, 0.2) is 0 Å². The maximum atomic E-state index is 2.60. The maximum Gasteiger partial charge on any atom is 0.116 e. The molecule has 102 valence electrons. The first-order valence-corrected chi connectivity index (χ1v) is 8.00. The molecule has 0 N–H and O–H groups in total. The normalized spacial score (nSPS) is 41.7. The molecule has 2 aliphatic carbocycles. The van der Waals surface area contributed by atoms with Crippen molar-refractivity contribution in [3.05, 3.63) is 0 Å². The zero-order valence-electron chi connectivity index (χ0n) is 14.0. The summed E-state index contributed by atoms with van der Waals surface area (Å²) in [5.41, 5.74) is 1.53. The number of fused-ring (bicyclic) bond motifs is 2. The lowest BCUT2D eigenvalue weighted by Gasteiger charge is -2.54. The van der Waals surface area contributed by atoms with Crippen LogP contribution in [0, 0.1) is 28.1 Å². The van der Waals surface area contributed by atoms with Gasteiger partial charge in [0.05, 0.1) is 0 Å². The summed E-state index contributed by atoms with van der Waals surface area (Å²) in [6, 6.07) is 0. The molecule has 0 aromatic heterocycles. The largest absolute Gasteiger partial charge is 0.116 e. The molecule has 0 aliphatic heterocycles. The minimum Gasteiger partial charge on any atom is -0.0894 e. The summed E-state index contributed by atoms with van der Waals surface area (Å²) in [6.07, 6.45) is 4.41. The fourth-order valence-electron chi connectivity index (χ4n) is 5.47. The molecule has 0 saturated heterocycles. The molecule has 2 rings (SSSR count). The van der Waals surface area contributed by atoms with Crippen LogP contribution in [0.25, 0.3) is 0 Å². The van der Waals surface area contributed by atoms with Gasteiger partial charge in [-0.05, 0) is 47.3 Å². The first-order valence-electron chi connectivity index (χ1n) is 8.00. The SMILES string of the molecule is BC(BC)(C1CC2CCC1(C)C2(C)C)C(C)(C)C. The van der Waals surface area contributed by atoms with E-state index in [1.54, 1.807) is 0 Å². The van der Waals surface area contributed by atoms with Gasteiger partial charge in [0, 0.05) is 0 Å². The molecule has 2 saturated carbocycles. The summed E-state index contributed by atoms with van der Waals surface area (Å²) in [4.78, 5) is 0. The quantitative estimate of drug-likeness (QED) is 0.651. The van der Waals surface area contributed by atoms with Crippen molar-refractivity contribution in [3.63, 3.8) is 0 Å². The van der Waals surface area contributed by atoms with Crippen LogP contribution in [-0.2, 0) is 0 Å². The topological polar surface area (TPSA) is 0 Å². The van der Waals surface area contributed by atoms with Crippen LogP contribution in [0.5, 0.6) is 0 Å². The average Bonchev–Trinajstić information content (AvgIpc) is 2.58. The molecule has 0 radical (unpaired) electrons. The van der Waals surface area contributed by atoms with E-state index in [0.29, 0.717) is 21.5 Å². The van der Waals surface area contributed by atoms with Gasteiger partial charge in [-0.3, -0.25) is 0 Å². The Bertz CT molecular complexity index is 341. The third-order valence-electron chi connectivity index (χ3n) is 8.01. The fraction of sp³-hybridized carbons (Fsp3) is 1.00. The van der Waals surface area contributed by atoms with Crippen molar-refractivity contribution in [1.29, 1.82) is 0 Å². The lowest BCUT2D eigenvalue weighted by atomic mass is 9.28. The van der Waals surface area contributed by atoms with E-state index in [4.69, 9.17) is 0 Å². The maximum absolute atomic E-state index is 2.60. The predicted octanol–water partition coefficient (Wildman–Crippen LogP) is 3.73. The molecule has 4 unspecified atom stereocenters. The van der Waals surface area contributed by atoms with Gasteiger partial charge in [0.25, 0.3) is 0 Å². The number of rotatable bonds is 2. The second-order valence-corrected chi connectivity index (χ2v) is 9.18. The molecule has 2 bridgehead atoms. The average molecular weight is 246 g/mol. The Morgan fingerprint density at radius 3 is 2.00 bits per heavy atom. The Morgan fingerprint density at radius 1 is 1.17 bits per heavy atom. The molecule has 0 aromatic carbocycles. The van der Waals surface area contributed by atoms with Crippen molar-refractivity contribution in [3.8, 4) is 0 Å². The van der Waals surface area contributed by atoms with Crippen LogP contribution in [0.3, 0.4) is 0 Å². The molecular weight excluding hydrogens is 214 g/mol. The first kappa shape index (κ1) is 14.5. The number of hydrogen-bond donors (Lipinski definition) is 0. The number of hydrogen-bond acceptors (Lipinski definition) is 0. The van der Waals surface area contributed by atoms with Gasteiger partial charge >= 0.3 is 0 Å². The third kappa shape index (κ3) is 1.53. The zero-order valence-corrected chi connectivity index (χ0v) is 14.0. The molecule has 2 aliphatic rings. The Labute approximate surface area is 116 Å². The van der Waals surface area contributed by atoms with E-state index >= 15 is 0 Å². The lowest BCUT2D eigenvalue weighted by molar-refractivity contribution is 0.0638. The Kier molecular flexibility index (Phi) is 3.09. The van der Waals surface area contributed by atoms with E-state index in [2.05, 4.69) is 56.2 Å². The minimum atomic E-state index is 0.413. The van der Waals surface area contributed by atoms with Crippen LogP contribution in [0.1, 0.15) is 60.8 Å². The fourth-order valence-corrected chi connectivity index (χ4v) is 5.47. The van der Waals surface area contributed by atoms with E-state index in [9.17, 15) is 0 Å². The molecule has 0 nitrogen and oxygen atoms in total. The van der Waals surface area contributed by atoms with Gasteiger partial charge in [0.1, 0.15) is 15.1 Å². The summed E-state index contributed by atoms with van der Waals surface area (Å²) in [6.45, 7) is 17.5. The van der Waals surface area contributed by atoms with Crippen LogP contribution in [0.2, 0.25) is 12.0 Å². The van der Waals surface area contributed by atoms with Gasteiger partial charge in [-0.25, -0.2) is 0 Å². The second-order valence-electron chi connectivity index (χ2n) is 9.18. The summed E-state index contributed by atoms with van der Waals surface area (Å²) < 4.78 is 0. The van der Waals surface area contributed by atoms with Crippen LogP contribution in [-0.4, -0.2) is 15.1 Å². The van der Waals surface area contributed by atoms with E-state index in [1.807, 2.05) is 0 Å². The molecule has 0 spiro atoms. The smallest absolute Gasteiger partial charge is 0.0894 e. The van der Waals surface area contributed by atoms with Crippen molar-refractivity contribution in [2.45, 2.75) is 72.8 Å². The molecule has 18 heavy (non-hydrogen) atoms. The molecule has 2 heteroatoms. The van der Waals surface area contributed by atoms with Gasteiger partial charge in [-0.15, -0.1) is 0 Å². The predicted molar refractivity (Wildman–Crippen MR) is 86.4 cm³/mol. The van der Waals surface area contributed by atoms with E-state index in [-0.39, 0.29) is 0 Å². The molecular formula is C16H32B2. The highest BCUT2D eigenvalue weighted by Crippen LogP contribution is 2.74. The summed E-state index contributed by atoms with van der Waals surface area (Å²) >= 11 is 0. The van der Waals surface area contributed by atoms with Gasteiger partial charge in [0.2, 0.25) is 0 Å². The van der Waals surface area contributed by atoms with Crippen LogP contribution in [0.4, 0.5) is 0 Å². The van der Waals surface area contributed by atoms with Gasteiger partial charge in [-0.2, -0.15) is 0 Å². The minimum absolute atomic E-state index is 0.413. The van der Waals surface area contributed by atoms with Crippen LogP contribution in [0.15, 0.2) is 0 Å². The Morgan fingerprint density at radius 2 is 1.72 bits per heavy atom. The summed E-state index contributed by atoms with van der Waals surface area (Å²) in [5.74, 6) is 1.88. The highest BCUT2D eigenvalue weighted by molar-refractivity contribution is 6.53. The van der Waals surface area contributed by atoms with Crippen LogP contribution >= 0.6 is 0 Å². The van der Waals surface area contributed by atoms with Gasteiger partial charge < -0.3 is 0 Å². The molecule has 0 aromatic rings. The molecule has 0 amide bonds. The van der Waals surface area contributed by atoms with Crippen LogP contribution < -0.4 is 0 Å². The van der Waals surface area contributed by atoms with Gasteiger partial charge in [-0.1, -0.05) is 53.6 Å². The standard InChI is InChI=1S/C16H32B2/c1-13(2,3)16(17,18-7)12-10-11-8-9-15(12,6)14(11,4)5/h11-12,18H,8-10,17H2,1-7H3. The third-order valence-corrected chi connectivity index (χ3v) is 8.01. The highest BCUT2D eigenvalue weighted by Gasteiger charge is 2.65. The molecule has 4 atom stereocenters. The van der Waals surface area contributed by atoms with Crippen molar-refractivity contribution < 1.29 is 0 Å².